The van der Waals surface area contributed by atoms with Crippen molar-refractivity contribution in [3.8, 4) is 0 Å². The van der Waals surface area contributed by atoms with Crippen LogP contribution in [0.1, 0.15) is 126 Å². The summed E-state index contributed by atoms with van der Waals surface area (Å²) in [6, 6.07) is 0. The molecule has 0 aromatic heterocycles. The van der Waals surface area contributed by atoms with Gasteiger partial charge in [0.1, 0.15) is 0 Å². The van der Waals surface area contributed by atoms with Crippen molar-refractivity contribution in [2.24, 2.45) is 0 Å². The molecule has 226 valence electrons. The Balaban J connectivity index is 2.20. The van der Waals surface area contributed by atoms with E-state index >= 15 is 0 Å². The number of piperazine rings is 1. The van der Waals surface area contributed by atoms with E-state index in [2.05, 4.69) is 96.9 Å². The van der Waals surface area contributed by atoms with Crippen molar-refractivity contribution < 1.29 is 4.79 Å². The molecule has 40 heavy (non-hydrogen) atoms. The van der Waals surface area contributed by atoms with Gasteiger partial charge < -0.3 is 9.80 Å². The summed E-state index contributed by atoms with van der Waals surface area (Å²) >= 11 is 0. The molecule has 1 heterocycles. The van der Waals surface area contributed by atoms with E-state index in [0.29, 0.717) is 12.3 Å². The lowest BCUT2D eigenvalue weighted by atomic mass is 10.0. The smallest absolute Gasteiger partial charge is 0.222 e. The average Bonchev–Trinajstić information content (AvgIpc) is 2.90. The van der Waals surface area contributed by atoms with Gasteiger partial charge in [0.15, 0.2) is 0 Å². The summed E-state index contributed by atoms with van der Waals surface area (Å²) in [5.41, 5.74) is 8.78. The Morgan fingerprint density at radius 3 is 1.23 bits per heavy atom. The van der Waals surface area contributed by atoms with E-state index in [-0.39, 0.29) is 0 Å². The first kappa shape index (κ1) is 35.9. The number of carbonyl (C=O) groups is 1. The summed E-state index contributed by atoms with van der Waals surface area (Å²) in [5, 5.41) is 0. The molecule has 0 aromatic carbocycles. The monoisotopic (exact) mass is 550 g/mol. The minimum Gasteiger partial charge on any atom is -0.340 e. The second-order valence-electron chi connectivity index (χ2n) is 12.4. The lowest BCUT2D eigenvalue weighted by molar-refractivity contribution is -0.132. The molecule has 0 atom stereocenters. The summed E-state index contributed by atoms with van der Waals surface area (Å²) < 4.78 is 0. The third kappa shape index (κ3) is 19.0. The number of amides is 1. The zero-order valence-electron chi connectivity index (χ0n) is 27.6. The van der Waals surface area contributed by atoms with Gasteiger partial charge in [-0.2, -0.15) is 0 Å². The van der Waals surface area contributed by atoms with Gasteiger partial charge in [-0.15, -0.1) is 0 Å². The van der Waals surface area contributed by atoms with Crippen LogP contribution >= 0.6 is 0 Å². The van der Waals surface area contributed by atoms with E-state index in [9.17, 15) is 4.79 Å². The summed E-state index contributed by atoms with van der Waals surface area (Å²) in [7, 11) is 2.13. The molecular formula is C37H62N2O. The Morgan fingerprint density at radius 1 is 0.475 bits per heavy atom. The molecule has 0 radical (unpaired) electrons. The minimum absolute atomic E-state index is 0.316. The number of carbonyl (C=O) groups excluding carboxylic acids is 1. The number of rotatable bonds is 18. The van der Waals surface area contributed by atoms with Crippen LogP contribution in [-0.2, 0) is 4.79 Å². The van der Waals surface area contributed by atoms with Crippen LogP contribution in [-0.4, -0.2) is 48.9 Å². The van der Waals surface area contributed by atoms with Crippen LogP contribution in [0.2, 0.25) is 0 Å². The van der Waals surface area contributed by atoms with Crippen molar-refractivity contribution in [3.05, 3.63) is 69.9 Å². The van der Waals surface area contributed by atoms with Gasteiger partial charge in [-0.05, 0) is 126 Å². The molecule has 0 saturated carbocycles. The second-order valence-corrected chi connectivity index (χ2v) is 12.4. The SMILES string of the molecule is CC(C)=CCC/C(C)=C/CC/C(C)=C/CC/C=C(\C)CC/C=C(\C)CC/C=C(\C)CCC(=O)N1CCN(C)CC1. The highest BCUT2D eigenvalue weighted by Gasteiger charge is 2.18. The van der Waals surface area contributed by atoms with E-state index in [0.717, 1.165) is 77.5 Å². The number of hydrogen-bond donors (Lipinski definition) is 0. The average molecular weight is 551 g/mol. The number of allylic oxidation sites excluding steroid dienone is 12. The Labute approximate surface area is 248 Å². The fourth-order valence-corrected chi connectivity index (χ4v) is 4.92. The first-order valence-corrected chi connectivity index (χ1v) is 15.9. The topological polar surface area (TPSA) is 23.6 Å². The highest BCUT2D eigenvalue weighted by molar-refractivity contribution is 5.76. The van der Waals surface area contributed by atoms with Crippen LogP contribution in [0.25, 0.3) is 0 Å². The normalized spacial score (nSPS) is 16.5. The van der Waals surface area contributed by atoms with Gasteiger partial charge in [-0.3, -0.25) is 4.79 Å². The lowest BCUT2D eigenvalue weighted by Gasteiger charge is -2.32. The zero-order valence-corrected chi connectivity index (χ0v) is 27.6. The Morgan fingerprint density at radius 2 is 0.825 bits per heavy atom. The van der Waals surface area contributed by atoms with Crippen LogP contribution in [0.3, 0.4) is 0 Å². The van der Waals surface area contributed by atoms with Crippen molar-refractivity contribution in [1.29, 1.82) is 0 Å². The number of unbranched alkanes of at least 4 members (excludes halogenated alkanes) is 1. The Hall–Kier alpha value is -2.13. The molecule has 3 heteroatoms. The molecule has 0 aromatic rings. The maximum absolute atomic E-state index is 12.4. The maximum atomic E-state index is 12.4. The Bertz CT molecular complexity index is 916. The van der Waals surface area contributed by atoms with Gasteiger partial charge in [-0.25, -0.2) is 0 Å². The van der Waals surface area contributed by atoms with Gasteiger partial charge in [0.25, 0.3) is 0 Å². The van der Waals surface area contributed by atoms with Crippen molar-refractivity contribution in [3.63, 3.8) is 0 Å². The first-order valence-electron chi connectivity index (χ1n) is 15.9. The molecule has 1 amide bonds. The predicted octanol–water partition coefficient (Wildman–Crippen LogP) is 10.1. The van der Waals surface area contributed by atoms with Crippen molar-refractivity contribution in [1.82, 2.24) is 9.80 Å². The standard InChI is InChI=1S/C37H62N2O/c1-31(2)15-11-18-34(5)21-12-19-32(3)16-9-10-17-33(4)20-13-22-35(6)23-14-24-36(7)25-26-37(40)39-29-27-38(8)28-30-39/h15-17,21-22,24H,9-14,18-20,23,25-30H2,1-8H3/b32-16+,33-17+,34-21+,35-22+,36-24+. The molecule has 0 aliphatic carbocycles. The first-order chi connectivity index (χ1) is 19.1. The minimum atomic E-state index is 0.316. The van der Waals surface area contributed by atoms with Gasteiger partial charge in [0, 0.05) is 32.6 Å². The molecule has 0 unspecified atom stereocenters. The molecule has 1 aliphatic rings. The highest BCUT2D eigenvalue weighted by atomic mass is 16.2. The molecule has 3 nitrogen and oxygen atoms in total. The quantitative estimate of drug-likeness (QED) is 0.125. The fourth-order valence-electron chi connectivity index (χ4n) is 4.92. The molecule has 0 N–H and O–H groups in total. The summed E-state index contributed by atoms with van der Waals surface area (Å²) in [6.07, 6.45) is 27.3. The number of hydrogen-bond acceptors (Lipinski definition) is 2. The van der Waals surface area contributed by atoms with Crippen LogP contribution in [0.4, 0.5) is 0 Å². The highest BCUT2D eigenvalue weighted by Crippen LogP contribution is 2.16. The van der Waals surface area contributed by atoms with E-state index in [1.807, 2.05) is 4.90 Å². The van der Waals surface area contributed by atoms with E-state index in [1.165, 1.54) is 52.7 Å². The predicted molar refractivity (Wildman–Crippen MR) is 178 cm³/mol. The van der Waals surface area contributed by atoms with Crippen LogP contribution < -0.4 is 0 Å². The molecule has 0 spiro atoms. The van der Waals surface area contributed by atoms with Gasteiger partial charge in [-0.1, -0.05) is 69.9 Å². The van der Waals surface area contributed by atoms with Crippen LogP contribution in [0.5, 0.6) is 0 Å². The van der Waals surface area contributed by atoms with Crippen LogP contribution in [0, 0.1) is 0 Å². The van der Waals surface area contributed by atoms with Crippen LogP contribution in [0.15, 0.2) is 69.9 Å². The lowest BCUT2D eigenvalue weighted by Crippen LogP contribution is -2.47. The summed E-state index contributed by atoms with van der Waals surface area (Å²) in [4.78, 5) is 16.8. The molecule has 0 bridgehead atoms. The van der Waals surface area contributed by atoms with E-state index in [4.69, 9.17) is 0 Å². The van der Waals surface area contributed by atoms with Crippen molar-refractivity contribution in [2.75, 3.05) is 33.2 Å². The van der Waals surface area contributed by atoms with Gasteiger partial charge in [0.05, 0.1) is 0 Å². The fraction of sp³-hybridized carbons (Fsp3) is 0.649. The molecule has 1 aliphatic heterocycles. The van der Waals surface area contributed by atoms with Crippen molar-refractivity contribution in [2.45, 2.75) is 126 Å². The molecular weight excluding hydrogens is 488 g/mol. The molecule has 1 rings (SSSR count). The summed E-state index contributed by atoms with van der Waals surface area (Å²) in [5.74, 6) is 0.316. The number of likely N-dealkylation sites (N-methyl/N-ethyl adjacent to an activating group) is 1. The second kappa shape index (κ2) is 21.6. The molecule has 1 saturated heterocycles. The zero-order chi connectivity index (χ0) is 29.8. The number of nitrogens with zero attached hydrogens (tertiary/aromatic N) is 2. The van der Waals surface area contributed by atoms with Gasteiger partial charge >= 0.3 is 0 Å². The van der Waals surface area contributed by atoms with Gasteiger partial charge in [0.2, 0.25) is 5.91 Å². The Kier molecular flexibility index (Phi) is 19.4. The third-order valence-corrected chi connectivity index (χ3v) is 7.93. The molecule has 1 fully saturated rings. The van der Waals surface area contributed by atoms with E-state index < -0.39 is 0 Å². The van der Waals surface area contributed by atoms with E-state index in [1.54, 1.807) is 0 Å². The summed E-state index contributed by atoms with van der Waals surface area (Å²) in [6.45, 7) is 19.3. The third-order valence-electron chi connectivity index (χ3n) is 7.93. The van der Waals surface area contributed by atoms with Crippen molar-refractivity contribution >= 4 is 5.91 Å². The largest absolute Gasteiger partial charge is 0.340 e. The maximum Gasteiger partial charge on any atom is 0.222 e.